The molecule has 0 saturated carbocycles. The smallest absolute Gasteiger partial charge is 0.0285 e. The minimum absolute atomic E-state index is 0.632. The summed E-state index contributed by atoms with van der Waals surface area (Å²) in [5.74, 6) is 0.632. The fraction of sp³-hybridized carbons (Fsp3) is 0.571. The number of halogens is 1. The molecule has 1 aromatic rings. The molecule has 1 unspecified atom stereocenters. The van der Waals surface area contributed by atoms with E-state index in [9.17, 15) is 0 Å². The summed E-state index contributed by atoms with van der Waals surface area (Å²) in [6.07, 6.45) is 1.28. The summed E-state index contributed by atoms with van der Waals surface area (Å²) < 4.78 is 0. The molecule has 1 saturated heterocycles. The summed E-state index contributed by atoms with van der Waals surface area (Å²) >= 11 is 3.68. The largest absolute Gasteiger partial charge is 0.298 e. The number of hydrogen-bond donors (Lipinski definition) is 0. The molecule has 1 aromatic carbocycles. The maximum absolute atomic E-state index is 3.68. The van der Waals surface area contributed by atoms with E-state index < -0.39 is 0 Å². The van der Waals surface area contributed by atoms with Crippen molar-refractivity contribution in [1.82, 2.24) is 4.90 Å². The van der Waals surface area contributed by atoms with Gasteiger partial charge in [-0.25, -0.2) is 0 Å². The highest BCUT2D eigenvalue weighted by atomic mass is 79.9. The van der Waals surface area contributed by atoms with Crippen molar-refractivity contribution in [2.75, 3.05) is 13.1 Å². The summed E-state index contributed by atoms with van der Waals surface area (Å²) in [5, 5.41) is 0. The lowest BCUT2D eigenvalue weighted by atomic mass is 10.0. The van der Waals surface area contributed by atoms with Crippen LogP contribution in [0.3, 0.4) is 0 Å². The van der Waals surface area contributed by atoms with E-state index in [1.54, 1.807) is 0 Å². The van der Waals surface area contributed by atoms with Crippen molar-refractivity contribution in [2.24, 2.45) is 0 Å². The maximum Gasteiger partial charge on any atom is 0.0285 e. The Balaban J connectivity index is 1.95. The van der Waals surface area contributed by atoms with Crippen molar-refractivity contribution in [3.8, 4) is 0 Å². The highest BCUT2D eigenvalue weighted by Crippen LogP contribution is 2.20. The van der Waals surface area contributed by atoms with Gasteiger partial charge in [-0.15, -0.1) is 0 Å². The lowest BCUT2D eigenvalue weighted by molar-refractivity contribution is 0.332. The Morgan fingerprint density at radius 1 is 1.31 bits per heavy atom. The Bertz CT molecular complexity index is 331. The highest BCUT2D eigenvalue weighted by molar-refractivity contribution is 9.09. The van der Waals surface area contributed by atoms with Crippen LogP contribution in [0.2, 0.25) is 0 Å². The molecule has 0 bridgehead atoms. The number of hydrogen-bond acceptors (Lipinski definition) is 1. The van der Waals surface area contributed by atoms with Gasteiger partial charge in [0.05, 0.1) is 0 Å². The van der Waals surface area contributed by atoms with Crippen LogP contribution in [0.25, 0.3) is 0 Å². The Hall–Kier alpha value is -0.340. The number of alkyl halides is 1. The zero-order valence-corrected chi connectivity index (χ0v) is 11.7. The highest BCUT2D eigenvalue weighted by Gasteiger charge is 2.19. The molecule has 1 nitrogen and oxygen atoms in total. The first kappa shape index (κ1) is 12.1. The van der Waals surface area contributed by atoms with Crippen LogP contribution in [0.1, 0.15) is 37.3 Å². The fourth-order valence-corrected chi connectivity index (χ4v) is 2.81. The minimum atomic E-state index is 0.632. The summed E-state index contributed by atoms with van der Waals surface area (Å²) in [7, 11) is 0. The predicted octanol–water partition coefficient (Wildman–Crippen LogP) is 3.78. The first-order chi connectivity index (χ1) is 7.65. The molecule has 1 heterocycles. The summed E-state index contributed by atoms with van der Waals surface area (Å²) in [6.45, 7) is 7.99. The molecule has 0 aromatic heterocycles. The van der Waals surface area contributed by atoms with Crippen molar-refractivity contribution in [3.63, 3.8) is 0 Å². The van der Waals surface area contributed by atoms with Crippen molar-refractivity contribution < 1.29 is 0 Å². The van der Waals surface area contributed by atoms with E-state index in [4.69, 9.17) is 0 Å². The third-order valence-electron chi connectivity index (χ3n) is 3.27. The van der Waals surface area contributed by atoms with Crippen LogP contribution >= 0.6 is 15.9 Å². The van der Waals surface area contributed by atoms with E-state index in [0.29, 0.717) is 10.7 Å². The quantitative estimate of drug-likeness (QED) is 0.763. The fourth-order valence-electron chi connectivity index (χ4n) is 2.20. The predicted molar refractivity (Wildman–Crippen MR) is 73.1 cm³/mol. The van der Waals surface area contributed by atoms with E-state index >= 15 is 0 Å². The van der Waals surface area contributed by atoms with Crippen LogP contribution in [-0.2, 0) is 6.54 Å². The second kappa shape index (κ2) is 5.33. The van der Waals surface area contributed by atoms with Gasteiger partial charge in [0.25, 0.3) is 0 Å². The molecule has 1 aliphatic rings. The Morgan fingerprint density at radius 2 is 2.00 bits per heavy atom. The van der Waals surface area contributed by atoms with Crippen molar-refractivity contribution >= 4 is 15.9 Å². The molecule has 0 spiro atoms. The van der Waals surface area contributed by atoms with Gasteiger partial charge >= 0.3 is 0 Å². The van der Waals surface area contributed by atoms with E-state index in [-0.39, 0.29) is 0 Å². The molecule has 0 radical (unpaired) electrons. The van der Waals surface area contributed by atoms with E-state index in [1.807, 2.05) is 0 Å². The summed E-state index contributed by atoms with van der Waals surface area (Å²) in [5.41, 5.74) is 2.87. The molecule has 16 heavy (non-hydrogen) atoms. The lowest BCUT2D eigenvalue weighted by Crippen LogP contribution is -2.20. The minimum Gasteiger partial charge on any atom is -0.298 e. The Morgan fingerprint density at radius 3 is 2.50 bits per heavy atom. The lowest BCUT2D eigenvalue weighted by Gasteiger charge is -2.15. The van der Waals surface area contributed by atoms with Crippen molar-refractivity contribution in [3.05, 3.63) is 35.4 Å². The first-order valence-electron chi connectivity index (χ1n) is 6.10. The molecular formula is C14H20BrN. The van der Waals surface area contributed by atoms with Gasteiger partial charge in [0.2, 0.25) is 0 Å². The van der Waals surface area contributed by atoms with Crippen LogP contribution in [0.5, 0.6) is 0 Å². The van der Waals surface area contributed by atoms with Crippen molar-refractivity contribution in [2.45, 2.75) is 37.6 Å². The van der Waals surface area contributed by atoms with E-state index in [0.717, 1.165) is 6.54 Å². The first-order valence-corrected chi connectivity index (χ1v) is 7.02. The summed E-state index contributed by atoms with van der Waals surface area (Å²) in [4.78, 5) is 3.21. The molecule has 88 valence electrons. The van der Waals surface area contributed by atoms with Crippen LogP contribution < -0.4 is 0 Å². The molecule has 0 amide bonds. The van der Waals surface area contributed by atoms with Gasteiger partial charge in [0.15, 0.2) is 0 Å². The third kappa shape index (κ3) is 3.08. The Labute approximate surface area is 107 Å². The zero-order chi connectivity index (χ0) is 11.5. The number of benzene rings is 1. The monoisotopic (exact) mass is 281 g/mol. The normalized spacial score (nSPS) is 21.9. The van der Waals surface area contributed by atoms with Crippen LogP contribution in [-0.4, -0.2) is 22.8 Å². The van der Waals surface area contributed by atoms with Gasteiger partial charge < -0.3 is 0 Å². The van der Waals surface area contributed by atoms with Gasteiger partial charge in [-0.3, -0.25) is 4.90 Å². The van der Waals surface area contributed by atoms with E-state index in [2.05, 4.69) is 58.9 Å². The van der Waals surface area contributed by atoms with Gasteiger partial charge in [-0.05, 0) is 30.0 Å². The Kier molecular flexibility index (Phi) is 4.04. The molecule has 1 fully saturated rings. The average Bonchev–Trinajstić information content (AvgIpc) is 2.65. The van der Waals surface area contributed by atoms with Gasteiger partial charge in [0, 0.05) is 17.9 Å². The van der Waals surface area contributed by atoms with Gasteiger partial charge in [0.1, 0.15) is 0 Å². The van der Waals surface area contributed by atoms with Crippen LogP contribution in [0.4, 0.5) is 0 Å². The second-order valence-corrected chi connectivity index (χ2v) is 6.31. The number of likely N-dealkylation sites (tertiary alicyclic amines) is 1. The molecule has 0 aliphatic carbocycles. The average molecular weight is 282 g/mol. The molecule has 1 atom stereocenters. The molecule has 2 heteroatoms. The number of nitrogens with zero attached hydrogens (tertiary/aromatic N) is 1. The topological polar surface area (TPSA) is 3.24 Å². The van der Waals surface area contributed by atoms with E-state index in [1.165, 1.54) is 30.6 Å². The molecule has 2 rings (SSSR count). The summed E-state index contributed by atoms with van der Waals surface area (Å²) in [6, 6.07) is 9.08. The van der Waals surface area contributed by atoms with Gasteiger partial charge in [-0.1, -0.05) is 54.0 Å². The molecular weight excluding hydrogens is 262 g/mol. The molecule has 0 N–H and O–H groups in total. The van der Waals surface area contributed by atoms with Crippen LogP contribution in [0.15, 0.2) is 24.3 Å². The standard InChI is InChI=1S/C14H20BrN/c1-11(2)13-5-3-12(4-6-13)9-16-8-7-14(15)10-16/h3-6,11,14H,7-10H2,1-2H3. The third-order valence-corrected chi connectivity index (χ3v) is 4.01. The van der Waals surface area contributed by atoms with Crippen LogP contribution in [0, 0.1) is 0 Å². The second-order valence-electron chi connectivity index (χ2n) is 5.02. The zero-order valence-electron chi connectivity index (χ0n) is 10.1. The SMILES string of the molecule is CC(C)c1ccc(CN2CCC(Br)C2)cc1. The van der Waals surface area contributed by atoms with Gasteiger partial charge in [-0.2, -0.15) is 0 Å². The molecule has 1 aliphatic heterocycles. The van der Waals surface area contributed by atoms with Crippen molar-refractivity contribution in [1.29, 1.82) is 0 Å². The maximum atomic E-state index is 3.68. The number of rotatable bonds is 3.